The monoisotopic (exact) mass is 244 g/mol. The number of hydrogen-bond acceptors (Lipinski definition) is 4. The van der Waals surface area contributed by atoms with E-state index in [1.807, 2.05) is 0 Å². The smallest absolute Gasteiger partial charge is 0.248 e. The first-order valence-electron chi connectivity index (χ1n) is 4.40. The van der Waals surface area contributed by atoms with Crippen molar-refractivity contribution < 1.29 is 12.8 Å². The molecule has 0 fully saturated rings. The number of rotatable bonds is 2. The first kappa shape index (κ1) is 11.0. The SMILES string of the molecule is CNS(=O)(=O)n1cc(C)c2ncc(F)nc21. The molecule has 0 aliphatic heterocycles. The van der Waals surface area contributed by atoms with E-state index < -0.39 is 16.2 Å². The molecule has 2 rings (SSSR count). The van der Waals surface area contributed by atoms with Crippen LogP contribution in [0.5, 0.6) is 0 Å². The number of nitrogens with one attached hydrogen (secondary N) is 1. The summed E-state index contributed by atoms with van der Waals surface area (Å²) in [7, 11) is -2.46. The third kappa shape index (κ3) is 1.55. The van der Waals surface area contributed by atoms with Crippen LogP contribution in [0.15, 0.2) is 12.4 Å². The number of aryl methyl sites for hydroxylation is 1. The van der Waals surface area contributed by atoms with Crippen molar-refractivity contribution in [2.24, 2.45) is 0 Å². The first-order chi connectivity index (χ1) is 7.45. The average molecular weight is 244 g/mol. The Hall–Kier alpha value is -1.54. The van der Waals surface area contributed by atoms with Gasteiger partial charge in [-0.3, -0.25) is 0 Å². The molecule has 16 heavy (non-hydrogen) atoms. The third-order valence-electron chi connectivity index (χ3n) is 2.13. The van der Waals surface area contributed by atoms with Gasteiger partial charge in [0, 0.05) is 13.2 Å². The van der Waals surface area contributed by atoms with Crippen LogP contribution in [0.4, 0.5) is 4.39 Å². The minimum absolute atomic E-state index is 0.0214. The van der Waals surface area contributed by atoms with Crippen LogP contribution in [0.2, 0.25) is 0 Å². The summed E-state index contributed by atoms with van der Waals surface area (Å²) in [5, 5.41) is 0. The van der Waals surface area contributed by atoms with Crippen molar-refractivity contribution in [1.82, 2.24) is 18.7 Å². The Morgan fingerprint density at radius 1 is 1.50 bits per heavy atom. The van der Waals surface area contributed by atoms with Crippen LogP contribution in [0.25, 0.3) is 11.2 Å². The topological polar surface area (TPSA) is 76.9 Å². The second-order valence-corrected chi connectivity index (χ2v) is 4.93. The number of aromatic nitrogens is 3. The summed E-state index contributed by atoms with van der Waals surface area (Å²) < 4.78 is 39.1. The lowest BCUT2D eigenvalue weighted by molar-refractivity contribution is 0.574. The molecule has 6 nitrogen and oxygen atoms in total. The second kappa shape index (κ2) is 3.49. The highest BCUT2D eigenvalue weighted by molar-refractivity contribution is 7.88. The Morgan fingerprint density at radius 2 is 2.19 bits per heavy atom. The van der Waals surface area contributed by atoms with Gasteiger partial charge in [-0.2, -0.15) is 17.8 Å². The van der Waals surface area contributed by atoms with Crippen molar-refractivity contribution >= 4 is 21.4 Å². The lowest BCUT2D eigenvalue weighted by atomic mass is 10.3. The van der Waals surface area contributed by atoms with Gasteiger partial charge in [-0.25, -0.2) is 13.7 Å². The van der Waals surface area contributed by atoms with E-state index in [0.29, 0.717) is 11.1 Å². The van der Waals surface area contributed by atoms with Crippen molar-refractivity contribution in [3.05, 3.63) is 23.9 Å². The summed E-state index contributed by atoms with van der Waals surface area (Å²) in [5.74, 6) is -0.821. The van der Waals surface area contributed by atoms with Gasteiger partial charge in [0.05, 0.1) is 6.20 Å². The largest absolute Gasteiger partial charge is 0.306 e. The predicted octanol–water partition coefficient (Wildman–Crippen LogP) is 0.191. The Labute approximate surface area is 91.3 Å². The van der Waals surface area contributed by atoms with Gasteiger partial charge in [-0.1, -0.05) is 0 Å². The van der Waals surface area contributed by atoms with E-state index in [1.54, 1.807) is 6.92 Å². The fourth-order valence-electron chi connectivity index (χ4n) is 1.37. The Bertz CT molecular complexity index is 649. The number of halogens is 1. The van der Waals surface area contributed by atoms with Crippen LogP contribution in [-0.2, 0) is 10.2 Å². The number of fused-ring (bicyclic) bond motifs is 1. The van der Waals surface area contributed by atoms with Gasteiger partial charge in [0.25, 0.3) is 0 Å². The second-order valence-electron chi connectivity index (χ2n) is 3.18. The maximum atomic E-state index is 12.9. The van der Waals surface area contributed by atoms with E-state index in [9.17, 15) is 12.8 Å². The third-order valence-corrected chi connectivity index (χ3v) is 3.45. The molecule has 0 aliphatic rings. The van der Waals surface area contributed by atoms with Crippen LogP contribution in [-0.4, -0.2) is 29.4 Å². The minimum atomic E-state index is -3.72. The molecular formula is C8H9FN4O2S. The number of hydrogen-bond donors (Lipinski definition) is 1. The van der Waals surface area contributed by atoms with Crippen molar-refractivity contribution in [2.45, 2.75) is 6.92 Å². The molecule has 0 aromatic carbocycles. The van der Waals surface area contributed by atoms with Crippen LogP contribution < -0.4 is 4.72 Å². The molecule has 0 amide bonds. The van der Waals surface area contributed by atoms with E-state index in [1.165, 1.54) is 13.2 Å². The van der Waals surface area contributed by atoms with E-state index in [2.05, 4.69) is 14.7 Å². The van der Waals surface area contributed by atoms with E-state index in [0.717, 1.165) is 10.2 Å². The van der Waals surface area contributed by atoms with E-state index in [4.69, 9.17) is 0 Å². The van der Waals surface area contributed by atoms with Gasteiger partial charge in [0.2, 0.25) is 5.95 Å². The van der Waals surface area contributed by atoms with Crippen molar-refractivity contribution in [3.63, 3.8) is 0 Å². The molecule has 86 valence electrons. The molecule has 2 aromatic rings. The molecule has 8 heteroatoms. The van der Waals surface area contributed by atoms with E-state index in [-0.39, 0.29) is 5.65 Å². The van der Waals surface area contributed by atoms with Crippen molar-refractivity contribution in [1.29, 1.82) is 0 Å². The van der Waals surface area contributed by atoms with Gasteiger partial charge in [0.1, 0.15) is 5.52 Å². The van der Waals surface area contributed by atoms with Crippen molar-refractivity contribution in [2.75, 3.05) is 7.05 Å². The summed E-state index contributed by atoms with van der Waals surface area (Å²) in [4.78, 5) is 7.32. The maximum absolute atomic E-state index is 12.9. The normalized spacial score (nSPS) is 12.2. The van der Waals surface area contributed by atoms with Gasteiger partial charge >= 0.3 is 10.2 Å². The zero-order valence-electron chi connectivity index (χ0n) is 8.60. The predicted molar refractivity (Wildman–Crippen MR) is 55.6 cm³/mol. The zero-order chi connectivity index (χ0) is 11.9. The highest BCUT2D eigenvalue weighted by Crippen LogP contribution is 2.17. The molecule has 1 N–H and O–H groups in total. The molecule has 2 heterocycles. The first-order valence-corrected chi connectivity index (χ1v) is 5.84. The van der Waals surface area contributed by atoms with Gasteiger partial charge in [0.15, 0.2) is 5.65 Å². The van der Waals surface area contributed by atoms with Gasteiger partial charge < -0.3 is 0 Å². The molecule has 0 atom stereocenters. The van der Waals surface area contributed by atoms with Crippen LogP contribution in [0.1, 0.15) is 5.56 Å². The molecule has 0 unspecified atom stereocenters. The molecule has 0 saturated heterocycles. The standard InChI is InChI=1S/C8H9FN4O2S/c1-5-4-13(16(14,15)10-2)8-7(5)11-3-6(9)12-8/h3-4,10H,1-2H3. The highest BCUT2D eigenvalue weighted by Gasteiger charge is 2.17. The highest BCUT2D eigenvalue weighted by atomic mass is 32.2. The zero-order valence-corrected chi connectivity index (χ0v) is 9.42. The summed E-state index contributed by atoms with van der Waals surface area (Å²) in [6.45, 7) is 1.68. The lowest BCUT2D eigenvalue weighted by Crippen LogP contribution is -2.25. The fraction of sp³-hybridized carbons (Fsp3) is 0.250. The van der Waals surface area contributed by atoms with E-state index >= 15 is 0 Å². The lowest BCUT2D eigenvalue weighted by Gasteiger charge is -2.03. The Kier molecular flexibility index (Phi) is 2.39. The summed E-state index contributed by atoms with van der Waals surface area (Å²) in [5.41, 5.74) is 0.952. The Morgan fingerprint density at radius 3 is 2.81 bits per heavy atom. The van der Waals surface area contributed by atoms with Crippen LogP contribution in [0.3, 0.4) is 0 Å². The van der Waals surface area contributed by atoms with Crippen molar-refractivity contribution in [3.8, 4) is 0 Å². The molecule has 0 spiro atoms. The minimum Gasteiger partial charge on any atom is -0.248 e. The molecule has 0 radical (unpaired) electrons. The summed E-state index contributed by atoms with van der Waals surface area (Å²) in [6.07, 6.45) is 2.29. The van der Waals surface area contributed by atoms with Gasteiger partial charge in [-0.05, 0) is 12.5 Å². The molecule has 0 aliphatic carbocycles. The number of nitrogens with zero attached hydrogens (tertiary/aromatic N) is 3. The van der Waals surface area contributed by atoms with Gasteiger partial charge in [-0.15, -0.1) is 0 Å². The summed E-state index contributed by atoms with van der Waals surface area (Å²) >= 11 is 0. The molecule has 0 bridgehead atoms. The molecule has 0 saturated carbocycles. The fourth-order valence-corrected chi connectivity index (χ4v) is 2.22. The molecule has 2 aromatic heterocycles. The molecular weight excluding hydrogens is 235 g/mol. The summed E-state index contributed by atoms with van der Waals surface area (Å²) in [6, 6.07) is 0. The van der Waals surface area contributed by atoms with Crippen LogP contribution >= 0.6 is 0 Å². The van der Waals surface area contributed by atoms with Crippen LogP contribution in [0, 0.1) is 12.9 Å². The Balaban J connectivity index is 2.86. The average Bonchev–Trinajstić information content (AvgIpc) is 2.56. The quantitative estimate of drug-likeness (QED) is 0.818. The maximum Gasteiger partial charge on any atom is 0.306 e.